The number of benzene rings is 2. The third-order valence-electron chi connectivity index (χ3n) is 8.76. The number of carbonyl (C=O) groups excluding carboxylic acids is 2. The highest BCUT2D eigenvalue weighted by molar-refractivity contribution is 5.93. The minimum absolute atomic E-state index is 0.0158. The van der Waals surface area contributed by atoms with Crippen LogP contribution in [-0.2, 0) is 32.0 Å². The van der Waals surface area contributed by atoms with Gasteiger partial charge >= 0.3 is 12.1 Å². The molecule has 51 heavy (non-hydrogen) atoms. The number of amides is 1. The first-order valence-corrected chi connectivity index (χ1v) is 17.2. The molecule has 1 amide bonds. The Hall–Kier alpha value is -4.66. The molecule has 1 aliphatic heterocycles. The number of carbonyl (C=O) groups is 2. The van der Waals surface area contributed by atoms with E-state index >= 15 is 4.39 Å². The summed E-state index contributed by atoms with van der Waals surface area (Å²) < 4.78 is 43.1. The van der Waals surface area contributed by atoms with Gasteiger partial charge in [-0.3, -0.25) is 0 Å². The normalized spacial score (nSPS) is 22.9. The molecule has 5 rings (SSSR count). The fourth-order valence-corrected chi connectivity index (χ4v) is 5.57. The summed E-state index contributed by atoms with van der Waals surface area (Å²) in [6, 6.07) is 14.7. The van der Waals surface area contributed by atoms with Gasteiger partial charge in [-0.15, -0.1) is 0 Å². The van der Waals surface area contributed by atoms with Gasteiger partial charge in [0.1, 0.15) is 35.9 Å². The van der Waals surface area contributed by atoms with Crippen molar-refractivity contribution in [3.05, 3.63) is 78.0 Å². The lowest BCUT2D eigenvalue weighted by atomic mass is 10.2. The molecule has 0 radical (unpaired) electrons. The van der Waals surface area contributed by atoms with Gasteiger partial charge in [-0.2, -0.15) is 4.98 Å². The first-order valence-electron chi connectivity index (χ1n) is 17.2. The molecule has 2 heterocycles. The smallest absolute Gasteiger partial charge is 0.408 e. The van der Waals surface area contributed by atoms with E-state index in [2.05, 4.69) is 26.3 Å². The number of hydrogen-bond acceptors (Lipinski definition) is 12. The number of hydrazine groups is 1. The second kappa shape index (κ2) is 16.6. The van der Waals surface area contributed by atoms with E-state index in [4.69, 9.17) is 28.5 Å². The minimum atomic E-state index is -1.16. The van der Waals surface area contributed by atoms with Crippen molar-refractivity contribution in [2.24, 2.45) is 16.8 Å². The second-order valence-electron chi connectivity index (χ2n) is 13.7. The number of hydrogen-bond donors (Lipinski definition) is 3. The lowest BCUT2D eigenvalue weighted by Gasteiger charge is -2.27. The van der Waals surface area contributed by atoms with E-state index in [0.717, 1.165) is 24.8 Å². The van der Waals surface area contributed by atoms with E-state index in [-0.39, 0.29) is 48.7 Å². The van der Waals surface area contributed by atoms with Crippen molar-refractivity contribution in [3.63, 3.8) is 0 Å². The number of esters is 1. The Bertz CT molecular complexity index is 1680. The van der Waals surface area contributed by atoms with Crippen molar-refractivity contribution < 1.29 is 37.5 Å². The van der Waals surface area contributed by atoms with Crippen LogP contribution in [-0.4, -0.2) is 58.2 Å². The molecular formula is C37H47FN6O7. The summed E-state index contributed by atoms with van der Waals surface area (Å²) in [5.74, 6) is -0.524. The Kier molecular flexibility index (Phi) is 12.2. The Labute approximate surface area is 297 Å². The number of aromatic nitrogens is 2. The van der Waals surface area contributed by atoms with Gasteiger partial charge in [0, 0.05) is 24.0 Å². The third kappa shape index (κ3) is 10.2. The lowest BCUT2D eigenvalue weighted by Crippen LogP contribution is -2.51. The molecule has 14 heteroatoms. The van der Waals surface area contributed by atoms with Gasteiger partial charge in [-0.1, -0.05) is 49.3 Å². The van der Waals surface area contributed by atoms with Gasteiger partial charge in [0.05, 0.1) is 6.42 Å². The zero-order valence-electron chi connectivity index (χ0n) is 29.9. The van der Waals surface area contributed by atoms with Crippen molar-refractivity contribution in [1.82, 2.24) is 26.3 Å². The van der Waals surface area contributed by atoms with Crippen LogP contribution in [0.5, 0.6) is 5.75 Å². The predicted octanol–water partition coefficient (Wildman–Crippen LogP) is 6.17. The summed E-state index contributed by atoms with van der Waals surface area (Å²) >= 11 is 0. The Morgan fingerprint density at radius 3 is 2.45 bits per heavy atom. The van der Waals surface area contributed by atoms with Crippen LogP contribution in [0.3, 0.4) is 0 Å². The minimum Gasteiger partial charge on any atom is -0.459 e. The molecule has 2 aliphatic rings. The molecule has 1 aromatic heterocycles. The molecular weight excluding hydrogens is 659 g/mol. The molecule has 2 fully saturated rings. The summed E-state index contributed by atoms with van der Waals surface area (Å²) in [6.45, 7) is 11.5. The molecule has 0 bridgehead atoms. The van der Waals surface area contributed by atoms with E-state index in [0.29, 0.717) is 17.9 Å². The monoisotopic (exact) mass is 706 g/mol. The maximum absolute atomic E-state index is 15.1. The number of aliphatic imine (C=N–C) groups is 1. The Balaban J connectivity index is 1.26. The highest BCUT2D eigenvalue weighted by Crippen LogP contribution is 2.51. The molecule has 274 valence electrons. The van der Waals surface area contributed by atoms with Gasteiger partial charge in [0.25, 0.3) is 5.90 Å². The molecule has 5 atom stereocenters. The van der Waals surface area contributed by atoms with E-state index in [9.17, 15) is 9.59 Å². The number of rotatable bonds is 13. The lowest BCUT2D eigenvalue weighted by molar-refractivity contribution is -0.147. The van der Waals surface area contributed by atoms with Crippen LogP contribution in [0.4, 0.5) is 9.18 Å². The van der Waals surface area contributed by atoms with E-state index in [1.807, 2.05) is 44.2 Å². The molecule has 1 saturated carbocycles. The second-order valence-corrected chi connectivity index (χ2v) is 13.7. The zero-order chi connectivity index (χ0) is 36.6. The standard InChI is InChI=1S/C37H47FN6O7/c1-7-28(38)33(41-37(23(2)24(37)3)44-42-30-15-11-12-20-47-30)49-27-18-16-26(17-19-27)32-40-31(51-43-32)21-29(39-35(46)50-36(4,5)6)34(45)48-22-25-13-9-8-10-14-25/h7-10,13-14,16-19,23-24,29-30,42,44H,11-12,15,20-22H2,1-6H3,(H,39,46)/b28-7+,41-33?/t23-,24?,29-,30?,37?/m0/s1. The van der Waals surface area contributed by atoms with Crippen LogP contribution in [0.15, 0.2) is 76.0 Å². The topological polar surface area (TPSA) is 158 Å². The molecule has 0 spiro atoms. The molecule has 13 nitrogen and oxygen atoms in total. The SMILES string of the molecule is C/C=C(/F)C(=NC1(NNC2CCCCO2)C(C)[C@@H]1C)Oc1ccc(-c2noc(C[C@H](NC(=O)OC(C)(C)C)C(=O)OCc3ccccc3)n2)cc1. The summed E-state index contributed by atoms with van der Waals surface area (Å²) in [4.78, 5) is 34.8. The van der Waals surface area contributed by atoms with Gasteiger partial charge in [-0.25, -0.2) is 29.8 Å². The molecule has 2 aromatic carbocycles. The maximum Gasteiger partial charge on any atom is 0.408 e. The number of nitrogens with one attached hydrogen (secondary N) is 3. The van der Waals surface area contributed by atoms with Crippen LogP contribution in [0.1, 0.15) is 72.3 Å². The number of alkyl carbamates (subject to hydrolysis) is 1. The van der Waals surface area contributed by atoms with Gasteiger partial charge in [0.15, 0.2) is 5.83 Å². The number of ether oxygens (including phenoxy) is 4. The number of nitrogens with zero attached hydrogens (tertiary/aromatic N) is 3. The average Bonchev–Trinajstić information content (AvgIpc) is 3.39. The number of halogens is 1. The molecule has 3 unspecified atom stereocenters. The first kappa shape index (κ1) is 37.6. The fraction of sp³-hybridized carbons (Fsp3) is 0.486. The van der Waals surface area contributed by atoms with Crippen molar-refractivity contribution in [3.8, 4) is 17.1 Å². The molecule has 1 saturated heterocycles. The Morgan fingerprint density at radius 1 is 1.10 bits per heavy atom. The van der Waals surface area contributed by atoms with Crippen molar-refractivity contribution in [2.45, 2.75) is 97.4 Å². The van der Waals surface area contributed by atoms with Crippen LogP contribution in [0.25, 0.3) is 11.4 Å². The van der Waals surface area contributed by atoms with Crippen LogP contribution in [0.2, 0.25) is 0 Å². The van der Waals surface area contributed by atoms with E-state index < -0.39 is 35.2 Å². The third-order valence-corrected chi connectivity index (χ3v) is 8.76. The molecule has 1 aliphatic carbocycles. The predicted molar refractivity (Wildman–Crippen MR) is 187 cm³/mol. The van der Waals surface area contributed by atoms with Crippen LogP contribution in [0, 0.1) is 11.8 Å². The first-order chi connectivity index (χ1) is 24.4. The highest BCUT2D eigenvalue weighted by Gasteiger charge is 2.60. The van der Waals surface area contributed by atoms with Crippen molar-refractivity contribution >= 4 is 18.0 Å². The Morgan fingerprint density at radius 2 is 1.82 bits per heavy atom. The molecule has 3 aromatic rings. The van der Waals surface area contributed by atoms with Gasteiger partial charge < -0.3 is 28.8 Å². The highest BCUT2D eigenvalue weighted by atomic mass is 19.1. The van der Waals surface area contributed by atoms with E-state index in [1.54, 1.807) is 52.0 Å². The van der Waals surface area contributed by atoms with Crippen molar-refractivity contribution in [2.75, 3.05) is 6.61 Å². The van der Waals surface area contributed by atoms with E-state index in [1.165, 1.54) is 6.08 Å². The largest absolute Gasteiger partial charge is 0.459 e. The zero-order valence-corrected chi connectivity index (χ0v) is 29.9. The van der Waals surface area contributed by atoms with Gasteiger partial charge in [-0.05, 0) is 82.9 Å². The summed E-state index contributed by atoms with van der Waals surface area (Å²) in [5, 5.41) is 6.61. The quantitative estimate of drug-likeness (QED) is 0.0808. The average molecular weight is 707 g/mol. The fourth-order valence-electron chi connectivity index (χ4n) is 5.57. The molecule has 3 N–H and O–H groups in total. The van der Waals surface area contributed by atoms with Gasteiger partial charge in [0.2, 0.25) is 11.7 Å². The summed E-state index contributed by atoms with van der Waals surface area (Å²) in [7, 11) is 0. The van der Waals surface area contributed by atoms with Crippen LogP contribution < -0.4 is 20.9 Å². The summed E-state index contributed by atoms with van der Waals surface area (Å²) in [5.41, 5.74) is 6.35. The summed E-state index contributed by atoms with van der Waals surface area (Å²) in [6.07, 6.45) is 3.21. The number of allylic oxidation sites excluding steroid dienone is 1. The maximum atomic E-state index is 15.1. The van der Waals surface area contributed by atoms with Crippen molar-refractivity contribution in [1.29, 1.82) is 0 Å². The van der Waals surface area contributed by atoms with Crippen LogP contribution >= 0.6 is 0 Å².